The molecule has 21 heavy (non-hydrogen) atoms. The normalized spacial score (nSPS) is 10.7. The SMILES string of the molecule is CC(C)(C)OC(=O)CSCc1cc(F)cc(C#CCN)c1. The number of halogens is 1. The lowest BCUT2D eigenvalue weighted by atomic mass is 10.1. The van der Waals surface area contributed by atoms with Gasteiger partial charge in [-0.1, -0.05) is 11.8 Å². The number of nitrogens with two attached hydrogens (primary N) is 1. The Morgan fingerprint density at radius 1 is 1.38 bits per heavy atom. The highest BCUT2D eigenvalue weighted by Crippen LogP contribution is 2.17. The molecule has 0 aliphatic carbocycles. The molecular weight excluding hydrogens is 289 g/mol. The molecule has 0 spiro atoms. The van der Waals surface area contributed by atoms with Crippen LogP contribution in [0.15, 0.2) is 18.2 Å². The Labute approximate surface area is 129 Å². The van der Waals surface area contributed by atoms with Crippen LogP contribution in [0.25, 0.3) is 0 Å². The first-order chi connectivity index (χ1) is 9.80. The molecule has 114 valence electrons. The number of rotatable bonds is 4. The number of ether oxygens (including phenoxy) is 1. The molecule has 0 radical (unpaired) electrons. The van der Waals surface area contributed by atoms with Crippen LogP contribution < -0.4 is 5.73 Å². The second kappa shape index (κ2) is 8.06. The van der Waals surface area contributed by atoms with Gasteiger partial charge in [0.2, 0.25) is 0 Å². The quantitative estimate of drug-likeness (QED) is 0.686. The molecule has 1 aromatic carbocycles. The van der Waals surface area contributed by atoms with Crippen LogP contribution in [-0.4, -0.2) is 23.9 Å². The fourth-order valence-electron chi connectivity index (χ4n) is 1.58. The van der Waals surface area contributed by atoms with Gasteiger partial charge >= 0.3 is 5.97 Å². The van der Waals surface area contributed by atoms with Crippen LogP contribution in [0.5, 0.6) is 0 Å². The van der Waals surface area contributed by atoms with Crippen molar-refractivity contribution in [3.63, 3.8) is 0 Å². The molecule has 3 nitrogen and oxygen atoms in total. The van der Waals surface area contributed by atoms with Gasteiger partial charge in [-0.3, -0.25) is 4.79 Å². The van der Waals surface area contributed by atoms with Gasteiger partial charge in [0.05, 0.1) is 12.3 Å². The molecule has 0 aliphatic heterocycles. The van der Waals surface area contributed by atoms with Crippen LogP contribution in [0.2, 0.25) is 0 Å². The van der Waals surface area contributed by atoms with Gasteiger partial charge < -0.3 is 10.5 Å². The molecule has 0 unspecified atom stereocenters. The molecule has 1 rings (SSSR count). The number of carbonyl (C=O) groups excluding carboxylic acids is 1. The topological polar surface area (TPSA) is 52.3 Å². The van der Waals surface area contributed by atoms with Crippen LogP contribution in [0.4, 0.5) is 4.39 Å². The van der Waals surface area contributed by atoms with Crippen molar-refractivity contribution in [1.82, 2.24) is 0 Å². The van der Waals surface area contributed by atoms with Crippen LogP contribution >= 0.6 is 11.8 Å². The molecule has 0 aliphatic rings. The van der Waals surface area contributed by atoms with Crippen molar-refractivity contribution < 1.29 is 13.9 Å². The Kier molecular flexibility index (Phi) is 6.73. The summed E-state index contributed by atoms with van der Waals surface area (Å²) >= 11 is 1.38. The molecule has 0 fully saturated rings. The van der Waals surface area contributed by atoms with Gasteiger partial charge in [-0.05, 0) is 44.5 Å². The van der Waals surface area contributed by atoms with E-state index in [0.717, 1.165) is 5.56 Å². The summed E-state index contributed by atoms with van der Waals surface area (Å²) in [5.74, 6) is 5.63. The standard InChI is InChI=1S/C16H20FNO2S/c1-16(2,3)20-15(19)11-21-10-13-7-12(5-4-6-18)8-14(17)9-13/h7-9H,6,10-11,18H2,1-3H3. The second-order valence-corrected chi connectivity index (χ2v) is 6.42. The Morgan fingerprint density at radius 3 is 2.71 bits per heavy atom. The van der Waals surface area contributed by atoms with E-state index < -0.39 is 5.60 Å². The smallest absolute Gasteiger partial charge is 0.316 e. The molecule has 5 heteroatoms. The molecule has 2 N–H and O–H groups in total. The zero-order chi connectivity index (χ0) is 15.9. The zero-order valence-electron chi connectivity index (χ0n) is 12.5. The first-order valence-corrected chi connectivity index (χ1v) is 7.73. The van der Waals surface area contributed by atoms with E-state index in [1.165, 1.54) is 23.9 Å². The van der Waals surface area contributed by atoms with E-state index in [1.807, 2.05) is 20.8 Å². The monoisotopic (exact) mass is 309 g/mol. The molecular formula is C16H20FNO2S. The van der Waals surface area contributed by atoms with Gasteiger partial charge in [-0.2, -0.15) is 0 Å². The maximum atomic E-state index is 13.5. The minimum absolute atomic E-state index is 0.234. The number of thioether (sulfide) groups is 1. The maximum Gasteiger partial charge on any atom is 0.316 e. The third kappa shape index (κ3) is 7.74. The highest BCUT2D eigenvalue weighted by Gasteiger charge is 2.15. The fraction of sp³-hybridized carbons (Fsp3) is 0.438. The van der Waals surface area contributed by atoms with Crippen molar-refractivity contribution in [2.24, 2.45) is 5.73 Å². The number of benzene rings is 1. The lowest BCUT2D eigenvalue weighted by Crippen LogP contribution is -2.24. The maximum absolute atomic E-state index is 13.5. The third-order valence-corrected chi connectivity index (χ3v) is 3.18. The predicted molar refractivity (Wildman–Crippen MR) is 84.3 cm³/mol. The van der Waals surface area contributed by atoms with E-state index in [1.54, 1.807) is 6.07 Å². The zero-order valence-corrected chi connectivity index (χ0v) is 13.3. The molecule has 0 saturated carbocycles. The van der Waals surface area contributed by atoms with Crippen LogP contribution in [0.1, 0.15) is 31.9 Å². The van der Waals surface area contributed by atoms with Gasteiger partial charge in [0, 0.05) is 11.3 Å². The lowest BCUT2D eigenvalue weighted by Gasteiger charge is -2.19. The van der Waals surface area contributed by atoms with Crippen molar-refractivity contribution in [2.75, 3.05) is 12.3 Å². The van der Waals surface area contributed by atoms with E-state index in [0.29, 0.717) is 11.3 Å². The molecule has 0 amide bonds. The molecule has 0 bridgehead atoms. The summed E-state index contributed by atoms with van der Waals surface area (Å²) in [4.78, 5) is 11.6. The summed E-state index contributed by atoms with van der Waals surface area (Å²) < 4.78 is 18.7. The first-order valence-electron chi connectivity index (χ1n) is 6.58. The summed E-state index contributed by atoms with van der Waals surface area (Å²) in [5.41, 5.74) is 6.18. The number of hydrogen-bond acceptors (Lipinski definition) is 4. The average molecular weight is 309 g/mol. The summed E-state index contributed by atoms with van der Waals surface area (Å²) in [6.45, 7) is 5.71. The fourth-order valence-corrected chi connectivity index (χ4v) is 2.31. The number of carbonyl (C=O) groups is 1. The molecule has 0 heterocycles. The van der Waals surface area contributed by atoms with Crippen molar-refractivity contribution in [2.45, 2.75) is 32.1 Å². The van der Waals surface area contributed by atoms with E-state index in [2.05, 4.69) is 11.8 Å². The third-order valence-electron chi connectivity index (χ3n) is 2.20. The van der Waals surface area contributed by atoms with Crippen molar-refractivity contribution in [3.8, 4) is 11.8 Å². The molecule has 0 aromatic heterocycles. The van der Waals surface area contributed by atoms with Crippen LogP contribution in [0, 0.1) is 17.7 Å². The molecule has 0 saturated heterocycles. The van der Waals surface area contributed by atoms with Crippen molar-refractivity contribution >= 4 is 17.7 Å². The summed E-state index contributed by atoms with van der Waals surface area (Å²) in [5, 5.41) is 0. The Bertz CT molecular complexity index is 556. The number of hydrogen-bond donors (Lipinski definition) is 1. The highest BCUT2D eigenvalue weighted by atomic mass is 32.2. The Balaban J connectivity index is 2.56. The predicted octanol–water partition coefficient (Wildman–Crippen LogP) is 2.71. The van der Waals surface area contributed by atoms with Gasteiger partial charge in [0.1, 0.15) is 11.4 Å². The largest absolute Gasteiger partial charge is 0.459 e. The van der Waals surface area contributed by atoms with Crippen LogP contribution in [0.3, 0.4) is 0 Å². The van der Waals surface area contributed by atoms with E-state index in [9.17, 15) is 9.18 Å². The molecule has 1 aromatic rings. The van der Waals surface area contributed by atoms with Gasteiger partial charge in [0.25, 0.3) is 0 Å². The van der Waals surface area contributed by atoms with E-state index >= 15 is 0 Å². The molecule has 0 atom stereocenters. The number of esters is 1. The van der Waals surface area contributed by atoms with Crippen molar-refractivity contribution in [3.05, 3.63) is 35.1 Å². The van der Waals surface area contributed by atoms with Crippen LogP contribution in [-0.2, 0) is 15.3 Å². The van der Waals surface area contributed by atoms with E-state index in [-0.39, 0.29) is 24.1 Å². The lowest BCUT2D eigenvalue weighted by molar-refractivity contribution is -0.151. The van der Waals surface area contributed by atoms with Gasteiger partial charge in [-0.15, -0.1) is 11.8 Å². The summed E-state index contributed by atoms with van der Waals surface area (Å²) in [7, 11) is 0. The summed E-state index contributed by atoms with van der Waals surface area (Å²) in [6.07, 6.45) is 0. The van der Waals surface area contributed by atoms with Crippen molar-refractivity contribution in [1.29, 1.82) is 0 Å². The minimum atomic E-state index is -0.485. The first kappa shape index (κ1) is 17.5. The van der Waals surface area contributed by atoms with Gasteiger partial charge in [0.15, 0.2) is 0 Å². The Morgan fingerprint density at radius 2 is 2.10 bits per heavy atom. The van der Waals surface area contributed by atoms with E-state index in [4.69, 9.17) is 10.5 Å². The minimum Gasteiger partial charge on any atom is -0.459 e. The second-order valence-electron chi connectivity index (χ2n) is 5.43. The summed E-state index contributed by atoms with van der Waals surface area (Å²) in [6, 6.07) is 4.61. The highest BCUT2D eigenvalue weighted by molar-refractivity contribution is 7.99. The average Bonchev–Trinajstić information content (AvgIpc) is 2.33. The Hall–Kier alpha value is -1.51. The van der Waals surface area contributed by atoms with Gasteiger partial charge in [-0.25, -0.2) is 4.39 Å².